The fourth-order valence-electron chi connectivity index (χ4n) is 2.62. The van der Waals surface area contributed by atoms with E-state index in [-0.39, 0.29) is 23.4 Å². The number of esters is 2. The summed E-state index contributed by atoms with van der Waals surface area (Å²) in [5, 5.41) is 4.88. The highest BCUT2D eigenvalue weighted by atomic mass is 19.4. The maximum atomic E-state index is 12.7. The van der Waals surface area contributed by atoms with Crippen molar-refractivity contribution in [1.82, 2.24) is 10.6 Å². The molecule has 0 aromatic heterocycles. The fourth-order valence-corrected chi connectivity index (χ4v) is 2.62. The van der Waals surface area contributed by atoms with Gasteiger partial charge in [0.25, 0.3) is 0 Å². The van der Waals surface area contributed by atoms with E-state index in [0.29, 0.717) is 0 Å². The minimum absolute atomic E-state index is 0.0621. The molecule has 0 bridgehead atoms. The molecule has 7 nitrogen and oxygen atoms in total. The minimum Gasteiger partial charge on any atom is -0.463 e. The van der Waals surface area contributed by atoms with Crippen molar-refractivity contribution in [3.63, 3.8) is 0 Å². The molecule has 10 heteroatoms. The molecule has 0 saturated heterocycles. The molecule has 1 aromatic carbocycles. The Morgan fingerprint density at radius 3 is 2.57 bits per heavy atom. The summed E-state index contributed by atoms with van der Waals surface area (Å²) in [5.41, 5.74) is -0.577. The number of rotatable bonds is 6. The van der Waals surface area contributed by atoms with Crippen LogP contribution in [0, 0.1) is 0 Å². The average Bonchev–Trinajstić information content (AvgIpc) is 2.59. The molecule has 2 rings (SSSR count). The maximum absolute atomic E-state index is 12.7. The molecule has 0 fully saturated rings. The van der Waals surface area contributed by atoms with E-state index < -0.39 is 48.8 Å². The zero-order chi connectivity index (χ0) is 20.9. The highest BCUT2D eigenvalue weighted by molar-refractivity contribution is 5.94. The molecule has 0 spiro atoms. The summed E-state index contributed by atoms with van der Waals surface area (Å²) in [4.78, 5) is 35.7. The average molecular weight is 400 g/mol. The largest absolute Gasteiger partial charge is 0.463 e. The van der Waals surface area contributed by atoms with Crippen molar-refractivity contribution in [2.24, 2.45) is 0 Å². The normalized spacial score (nSPS) is 16.9. The van der Waals surface area contributed by atoms with Crippen LogP contribution in [0.5, 0.6) is 0 Å². The Balaban J connectivity index is 2.08. The van der Waals surface area contributed by atoms with Crippen LogP contribution >= 0.6 is 0 Å². The number of ether oxygens (including phenoxy) is 2. The maximum Gasteiger partial charge on any atom is 0.416 e. The molecule has 28 heavy (non-hydrogen) atoms. The number of carbonyl (C=O) groups excluding carboxylic acids is 3. The lowest BCUT2D eigenvalue weighted by atomic mass is 10.0. The zero-order valence-electron chi connectivity index (χ0n) is 15.2. The van der Waals surface area contributed by atoms with E-state index in [0.717, 1.165) is 12.1 Å². The Bertz CT molecular complexity index is 805. The van der Waals surface area contributed by atoms with Crippen molar-refractivity contribution >= 4 is 18.0 Å². The Morgan fingerprint density at radius 1 is 1.21 bits per heavy atom. The van der Waals surface area contributed by atoms with Gasteiger partial charge in [0.1, 0.15) is 6.61 Å². The quantitative estimate of drug-likeness (QED) is 0.715. The summed E-state index contributed by atoms with van der Waals surface area (Å²) in [6.45, 7) is 2.87. The van der Waals surface area contributed by atoms with Crippen LogP contribution in [0.2, 0.25) is 0 Å². The van der Waals surface area contributed by atoms with Crippen LogP contribution in [0.25, 0.3) is 0 Å². The van der Waals surface area contributed by atoms with Gasteiger partial charge < -0.3 is 20.1 Å². The van der Waals surface area contributed by atoms with Crippen LogP contribution in [0.3, 0.4) is 0 Å². The van der Waals surface area contributed by atoms with Gasteiger partial charge in [0.05, 0.1) is 35.9 Å². The first kappa shape index (κ1) is 21.3. The van der Waals surface area contributed by atoms with E-state index in [9.17, 15) is 27.6 Å². The van der Waals surface area contributed by atoms with Crippen LogP contribution in [0.4, 0.5) is 18.0 Å². The molecule has 1 aliphatic heterocycles. The van der Waals surface area contributed by atoms with Crippen LogP contribution in [-0.4, -0.2) is 37.2 Å². The monoisotopic (exact) mass is 400 g/mol. The van der Waals surface area contributed by atoms with E-state index >= 15 is 0 Å². The first-order valence-electron chi connectivity index (χ1n) is 8.41. The third-order valence-corrected chi connectivity index (χ3v) is 3.85. The molecule has 0 saturated carbocycles. The third-order valence-electron chi connectivity index (χ3n) is 3.85. The van der Waals surface area contributed by atoms with Gasteiger partial charge in [-0.1, -0.05) is 18.2 Å². The first-order chi connectivity index (χ1) is 13.1. The molecule has 1 aliphatic rings. The van der Waals surface area contributed by atoms with Crippen molar-refractivity contribution in [2.45, 2.75) is 32.5 Å². The lowest BCUT2D eigenvalue weighted by Gasteiger charge is -2.26. The second-order valence-corrected chi connectivity index (χ2v) is 5.97. The zero-order valence-corrected chi connectivity index (χ0v) is 15.2. The van der Waals surface area contributed by atoms with Crippen molar-refractivity contribution in [1.29, 1.82) is 0 Å². The number of urea groups is 1. The molecule has 1 heterocycles. The molecule has 2 amide bonds. The summed E-state index contributed by atoms with van der Waals surface area (Å²) in [6.07, 6.45) is -4.91. The minimum atomic E-state index is -4.52. The number of benzene rings is 1. The number of amides is 2. The molecule has 0 unspecified atom stereocenters. The summed E-state index contributed by atoms with van der Waals surface area (Å²) >= 11 is 0. The van der Waals surface area contributed by atoms with Gasteiger partial charge in [-0.15, -0.1) is 0 Å². The molecular weight excluding hydrogens is 381 g/mol. The van der Waals surface area contributed by atoms with Gasteiger partial charge in [-0.25, -0.2) is 9.59 Å². The predicted octanol–water partition coefficient (Wildman–Crippen LogP) is 2.31. The number of halogens is 3. The Kier molecular flexibility index (Phi) is 6.66. The van der Waals surface area contributed by atoms with Crippen molar-refractivity contribution < 1.29 is 37.0 Å². The molecule has 0 aliphatic carbocycles. The number of alkyl halides is 3. The summed E-state index contributed by atoms with van der Waals surface area (Å²) in [6, 6.07) is 3.08. The van der Waals surface area contributed by atoms with E-state index in [4.69, 9.17) is 9.47 Å². The molecule has 152 valence electrons. The third kappa shape index (κ3) is 5.48. The van der Waals surface area contributed by atoms with E-state index in [1.54, 1.807) is 13.8 Å². The van der Waals surface area contributed by atoms with Crippen molar-refractivity contribution in [3.8, 4) is 0 Å². The van der Waals surface area contributed by atoms with E-state index in [2.05, 4.69) is 10.6 Å². The van der Waals surface area contributed by atoms with Gasteiger partial charge in [-0.3, -0.25) is 4.79 Å². The van der Waals surface area contributed by atoms with Crippen LogP contribution < -0.4 is 10.6 Å². The van der Waals surface area contributed by atoms with Gasteiger partial charge in [0.2, 0.25) is 0 Å². The molecule has 0 radical (unpaired) electrons. The van der Waals surface area contributed by atoms with Crippen LogP contribution in [-0.2, 0) is 31.7 Å². The van der Waals surface area contributed by atoms with Crippen LogP contribution in [0.15, 0.2) is 35.5 Å². The first-order valence-corrected chi connectivity index (χ1v) is 8.41. The van der Waals surface area contributed by atoms with E-state index in [1.165, 1.54) is 12.1 Å². The highest BCUT2D eigenvalue weighted by Gasteiger charge is 2.31. The van der Waals surface area contributed by atoms with Gasteiger partial charge in [0.15, 0.2) is 0 Å². The molecule has 2 N–H and O–H groups in total. The van der Waals surface area contributed by atoms with Crippen molar-refractivity contribution in [2.75, 3.05) is 13.2 Å². The van der Waals surface area contributed by atoms with E-state index in [1.807, 2.05) is 0 Å². The van der Waals surface area contributed by atoms with Crippen molar-refractivity contribution in [3.05, 3.63) is 46.7 Å². The smallest absolute Gasteiger partial charge is 0.416 e. The fraction of sp³-hybridized carbons (Fsp3) is 0.389. The Hall–Kier alpha value is -3.04. The predicted molar refractivity (Wildman–Crippen MR) is 90.9 cm³/mol. The lowest BCUT2D eigenvalue weighted by molar-refractivity contribution is -0.143. The second-order valence-electron chi connectivity index (χ2n) is 5.97. The SMILES string of the molecule is CCOC(=O)C1=C(COC(=O)Cc2cccc(C(F)(F)F)c2)NC(=O)N[C@@H]1C. The molecular formula is C18H19F3N2O5. The number of nitrogens with one attached hydrogen (secondary N) is 2. The second kappa shape index (κ2) is 8.77. The van der Waals surface area contributed by atoms with Gasteiger partial charge in [-0.05, 0) is 25.5 Å². The van der Waals surface area contributed by atoms with Gasteiger partial charge >= 0.3 is 24.1 Å². The van der Waals surface area contributed by atoms with Gasteiger partial charge in [-0.2, -0.15) is 13.2 Å². The van der Waals surface area contributed by atoms with Crippen LogP contribution in [0.1, 0.15) is 25.0 Å². The lowest BCUT2D eigenvalue weighted by Crippen LogP contribution is -2.50. The number of hydrogen-bond acceptors (Lipinski definition) is 5. The number of carbonyl (C=O) groups is 3. The molecule has 1 atom stereocenters. The topological polar surface area (TPSA) is 93.7 Å². The summed E-state index contributed by atoms with van der Waals surface area (Å²) in [7, 11) is 0. The Labute approximate surface area is 158 Å². The highest BCUT2D eigenvalue weighted by Crippen LogP contribution is 2.29. The number of hydrogen-bond donors (Lipinski definition) is 2. The summed E-state index contributed by atoms with van der Waals surface area (Å²) < 4.78 is 48.2. The Morgan fingerprint density at radius 2 is 1.93 bits per heavy atom. The summed E-state index contributed by atoms with van der Waals surface area (Å²) in [5.74, 6) is -1.48. The standard InChI is InChI=1S/C18H19F3N2O5/c1-3-27-16(25)15-10(2)22-17(26)23-13(15)9-28-14(24)8-11-5-4-6-12(7-11)18(19,20)21/h4-7,10H,3,8-9H2,1-2H3,(H2,22,23,26)/t10-/m1/s1. The van der Waals surface area contributed by atoms with Gasteiger partial charge in [0, 0.05) is 0 Å². The molecule has 1 aromatic rings.